The Labute approximate surface area is 154 Å². The third-order valence-corrected chi connectivity index (χ3v) is 5.07. The van der Waals surface area contributed by atoms with E-state index in [1.807, 2.05) is 37.9 Å². The number of likely N-dealkylation sites (tertiary alicyclic amines) is 1. The van der Waals surface area contributed by atoms with Crippen molar-refractivity contribution in [3.63, 3.8) is 0 Å². The first-order valence-electron chi connectivity index (χ1n) is 8.65. The zero-order valence-electron chi connectivity index (χ0n) is 15.1. The lowest BCUT2D eigenvalue weighted by atomic mass is 9.87. The lowest BCUT2D eigenvalue weighted by Crippen LogP contribution is -2.57. The lowest BCUT2D eigenvalue weighted by Gasteiger charge is -2.37. The molecule has 2 fully saturated rings. The number of nitrogens with one attached hydrogen (secondary N) is 2. The molecule has 0 radical (unpaired) electrons. The second-order valence-electron chi connectivity index (χ2n) is 7.78. The predicted octanol–water partition coefficient (Wildman–Crippen LogP) is 0.899. The number of carbonyl (C=O) groups is 2. The van der Waals surface area contributed by atoms with E-state index >= 15 is 0 Å². The zero-order valence-corrected chi connectivity index (χ0v) is 15.9. The van der Waals surface area contributed by atoms with Gasteiger partial charge in [-0.1, -0.05) is 0 Å². The Kier molecular flexibility index (Phi) is 5.79. The van der Waals surface area contributed by atoms with Gasteiger partial charge < -0.3 is 15.5 Å². The minimum Gasteiger partial charge on any atom is -0.349 e. The van der Waals surface area contributed by atoms with Gasteiger partial charge in [-0.05, 0) is 52.8 Å². The molecule has 2 aliphatic rings. The molecule has 1 aromatic rings. The first kappa shape index (κ1) is 19.7. The fraction of sp³-hybridized carbons (Fsp3) is 0.706. The Morgan fingerprint density at radius 2 is 2.04 bits per heavy atom. The summed E-state index contributed by atoms with van der Waals surface area (Å²) in [6.07, 6.45) is 5.33. The van der Waals surface area contributed by atoms with E-state index in [1.165, 1.54) is 0 Å². The molecule has 3 heterocycles. The fourth-order valence-electron chi connectivity index (χ4n) is 3.69. The first-order chi connectivity index (χ1) is 11.3. The molecular weight excluding hydrogens is 342 g/mol. The molecule has 3 rings (SSSR count). The zero-order chi connectivity index (χ0) is 17.4. The fourth-order valence-corrected chi connectivity index (χ4v) is 3.69. The van der Waals surface area contributed by atoms with Crippen LogP contribution >= 0.6 is 12.4 Å². The van der Waals surface area contributed by atoms with Gasteiger partial charge in [0.25, 0.3) is 0 Å². The Hall–Kier alpha value is -1.60. The van der Waals surface area contributed by atoms with Gasteiger partial charge in [-0.3, -0.25) is 14.3 Å². The number of hydrogen-bond donors (Lipinski definition) is 2. The molecule has 2 aliphatic heterocycles. The highest BCUT2D eigenvalue weighted by atomic mass is 35.5. The smallest absolute Gasteiger partial charge is 0.248 e. The Morgan fingerprint density at radius 1 is 1.36 bits per heavy atom. The second-order valence-corrected chi connectivity index (χ2v) is 7.78. The molecule has 0 saturated carbocycles. The average molecular weight is 370 g/mol. The summed E-state index contributed by atoms with van der Waals surface area (Å²) in [5, 5.41) is 10.7. The maximum absolute atomic E-state index is 13.1. The van der Waals surface area contributed by atoms with E-state index < -0.39 is 5.54 Å². The van der Waals surface area contributed by atoms with Crippen molar-refractivity contribution in [3.8, 4) is 0 Å². The van der Waals surface area contributed by atoms with Crippen LogP contribution < -0.4 is 10.6 Å². The van der Waals surface area contributed by atoms with Crippen molar-refractivity contribution in [3.05, 3.63) is 18.5 Å². The molecule has 1 aromatic heterocycles. The van der Waals surface area contributed by atoms with Crippen LogP contribution in [0.1, 0.15) is 40.0 Å². The SMILES string of the molecule is CC(C)(C)N1CC(NC(=O)C2(n3cccn3)CCNCC2)CC1=O.Cl. The van der Waals surface area contributed by atoms with Crippen LogP contribution in [0.15, 0.2) is 18.5 Å². The predicted molar refractivity (Wildman–Crippen MR) is 97.6 cm³/mol. The van der Waals surface area contributed by atoms with Crippen molar-refractivity contribution < 1.29 is 9.59 Å². The summed E-state index contributed by atoms with van der Waals surface area (Å²) < 4.78 is 1.78. The third kappa shape index (κ3) is 3.82. The van der Waals surface area contributed by atoms with Crippen molar-refractivity contribution in [1.29, 1.82) is 0 Å². The van der Waals surface area contributed by atoms with E-state index in [0.29, 0.717) is 25.8 Å². The topological polar surface area (TPSA) is 79.3 Å². The van der Waals surface area contributed by atoms with Crippen LogP contribution in [0.2, 0.25) is 0 Å². The highest BCUT2D eigenvalue weighted by Gasteiger charge is 2.44. The molecule has 0 spiro atoms. The Bertz CT molecular complexity index is 605. The maximum Gasteiger partial charge on any atom is 0.248 e. The van der Waals surface area contributed by atoms with E-state index in [9.17, 15) is 9.59 Å². The number of piperidine rings is 1. The standard InChI is InChI=1S/C17H27N5O2.ClH/c1-16(2,3)21-12-13(11-14(21)23)20-15(24)17(5-8-18-9-6-17)22-10-4-7-19-22;/h4,7,10,13,18H,5-6,8-9,11-12H2,1-3H3,(H,20,24);1H. The van der Waals surface area contributed by atoms with E-state index in [-0.39, 0.29) is 35.8 Å². The van der Waals surface area contributed by atoms with E-state index in [4.69, 9.17) is 0 Å². The molecule has 25 heavy (non-hydrogen) atoms. The number of rotatable bonds is 3. The Balaban J connectivity index is 0.00000225. The average Bonchev–Trinajstić information content (AvgIpc) is 3.17. The molecule has 0 aliphatic carbocycles. The van der Waals surface area contributed by atoms with Crippen LogP contribution in [0.5, 0.6) is 0 Å². The largest absolute Gasteiger partial charge is 0.349 e. The summed E-state index contributed by atoms with van der Waals surface area (Å²) >= 11 is 0. The molecule has 140 valence electrons. The summed E-state index contributed by atoms with van der Waals surface area (Å²) in [6, 6.07) is 1.71. The van der Waals surface area contributed by atoms with Gasteiger partial charge in [0.15, 0.2) is 0 Å². The Morgan fingerprint density at radius 3 is 2.56 bits per heavy atom. The molecule has 2 amide bonds. The quantitative estimate of drug-likeness (QED) is 0.829. The van der Waals surface area contributed by atoms with Crippen molar-refractivity contribution >= 4 is 24.2 Å². The van der Waals surface area contributed by atoms with E-state index in [2.05, 4.69) is 15.7 Å². The van der Waals surface area contributed by atoms with Gasteiger partial charge >= 0.3 is 0 Å². The third-order valence-electron chi connectivity index (χ3n) is 5.07. The number of amides is 2. The van der Waals surface area contributed by atoms with Crippen molar-refractivity contribution in [2.45, 2.75) is 57.2 Å². The number of halogens is 1. The molecule has 0 aromatic carbocycles. The van der Waals surface area contributed by atoms with Crippen molar-refractivity contribution in [1.82, 2.24) is 25.3 Å². The van der Waals surface area contributed by atoms with Gasteiger partial charge in [0.1, 0.15) is 5.54 Å². The minimum atomic E-state index is -0.660. The molecule has 0 bridgehead atoms. The molecular formula is C17H28ClN5O2. The molecule has 1 unspecified atom stereocenters. The highest BCUT2D eigenvalue weighted by Crippen LogP contribution is 2.28. The normalized spacial score (nSPS) is 23.2. The highest BCUT2D eigenvalue weighted by molar-refractivity contribution is 5.87. The van der Waals surface area contributed by atoms with Crippen LogP contribution in [0.3, 0.4) is 0 Å². The maximum atomic E-state index is 13.1. The first-order valence-corrected chi connectivity index (χ1v) is 8.65. The second kappa shape index (κ2) is 7.33. The monoisotopic (exact) mass is 369 g/mol. The molecule has 2 N–H and O–H groups in total. The summed E-state index contributed by atoms with van der Waals surface area (Å²) in [4.78, 5) is 27.2. The van der Waals surface area contributed by atoms with Crippen molar-refractivity contribution in [2.75, 3.05) is 19.6 Å². The van der Waals surface area contributed by atoms with Crippen LogP contribution in [0, 0.1) is 0 Å². The van der Waals surface area contributed by atoms with Crippen LogP contribution in [-0.2, 0) is 15.1 Å². The number of hydrogen-bond acceptors (Lipinski definition) is 4. The number of nitrogens with zero attached hydrogens (tertiary/aromatic N) is 3. The summed E-state index contributed by atoms with van der Waals surface area (Å²) in [5.41, 5.74) is -0.877. The van der Waals surface area contributed by atoms with Gasteiger partial charge in [0, 0.05) is 30.9 Å². The molecule has 7 nitrogen and oxygen atoms in total. The van der Waals surface area contributed by atoms with E-state index in [0.717, 1.165) is 13.1 Å². The summed E-state index contributed by atoms with van der Waals surface area (Å²) in [7, 11) is 0. The van der Waals surface area contributed by atoms with Gasteiger partial charge in [-0.15, -0.1) is 12.4 Å². The van der Waals surface area contributed by atoms with Gasteiger partial charge in [0.05, 0.1) is 6.04 Å². The number of carbonyl (C=O) groups excluding carboxylic acids is 2. The lowest BCUT2D eigenvalue weighted by molar-refractivity contribution is -0.132. The van der Waals surface area contributed by atoms with Gasteiger partial charge in [-0.25, -0.2) is 0 Å². The van der Waals surface area contributed by atoms with Gasteiger partial charge in [-0.2, -0.15) is 5.10 Å². The molecule has 2 saturated heterocycles. The van der Waals surface area contributed by atoms with E-state index in [1.54, 1.807) is 10.9 Å². The number of aromatic nitrogens is 2. The molecule has 1 atom stereocenters. The van der Waals surface area contributed by atoms with Crippen LogP contribution in [0.4, 0.5) is 0 Å². The molecule has 8 heteroatoms. The van der Waals surface area contributed by atoms with Gasteiger partial charge in [0.2, 0.25) is 11.8 Å². The van der Waals surface area contributed by atoms with Crippen LogP contribution in [-0.4, -0.2) is 57.7 Å². The minimum absolute atomic E-state index is 0. The summed E-state index contributed by atoms with van der Waals surface area (Å²) in [5.74, 6) is 0.0764. The van der Waals surface area contributed by atoms with Crippen LogP contribution in [0.25, 0.3) is 0 Å². The van der Waals surface area contributed by atoms with Crippen molar-refractivity contribution in [2.24, 2.45) is 0 Å². The summed E-state index contributed by atoms with van der Waals surface area (Å²) in [6.45, 7) is 8.20.